The number of ether oxygens (including phenoxy) is 1. The molecule has 0 fully saturated rings. The van der Waals surface area contributed by atoms with Crippen molar-refractivity contribution in [1.29, 1.82) is 0 Å². The van der Waals surface area contributed by atoms with E-state index in [-0.39, 0.29) is 0 Å². The molecule has 0 bridgehead atoms. The molecular formula is C10H18N4O. The van der Waals surface area contributed by atoms with Gasteiger partial charge in [-0.3, -0.25) is 0 Å². The molecule has 5 nitrogen and oxygen atoms in total. The molecule has 5 heteroatoms. The molecule has 0 radical (unpaired) electrons. The molecule has 1 heterocycles. The van der Waals surface area contributed by atoms with Crippen LogP contribution in [-0.2, 0) is 0 Å². The molecule has 0 spiro atoms. The zero-order valence-corrected chi connectivity index (χ0v) is 9.31. The van der Waals surface area contributed by atoms with Crippen LogP contribution in [0.5, 0.6) is 5.88 Å². The van der Waals surface area contributed by atoms with Gasteiger partial charge in [0.2, 0.25) is 11.8 Å². The Labute approximate surface area is 90.3 Å². The van der Waals surface area contributed by atoms with E-state index >= 15 is 0 Å². The Morgan fingerprint density at radius 1 is 1.53 bits per heavy atom. The zero-order chi connectivity index (χ0) is 11.1. The highest BCUT2D eigenvalue weighted by molar-refractivity contribution is 5.31. The van der Waals surface area contributed by atoms with Crippen LogP contribution in [0.15, 0.2) is 12.3 Å². The van der Waals surface area contributed by atoms with E-state index < -0.39 is 0 Å². The highest BCUT2D eigenvalue weighted by Gasteiger charge is 2.07. The number of nitrogens with two attached hydrogens (primary N) is 1. The topological polar surface area (TPSA) is 64.3 Å². The summed E-state index contributed by atoms with van der Waals surface area (Å²) in [6, 6.07) is 1.74. The zero-order valence-electron chi connectivity index (χ0n) is 9.31. The van der Waals surface area contributed by atoms with Crippen LogP contribution in [0.1, 0.15) is 13.3 Å². The van der Waals surface area contributed by atoms with E-state index in [1.807, 2.05) is 0 Å². The normalized spacial score (nSPS) is 10.1. The van der Waals surface area contributed by atoms with E-state index in [1.54, 1.807) is 19.4 Å². The maximum Gasteiger partial charge on any atom is 0.228 e. The van der Waals surface area contributed by atoms with Gasteiger partial charge in [0.1, 0.15) is 0 Å². The van der Waals surface area contributed by atoms with Gasteiger partial charge in [0.25, 0.3) is 0 Å². The smallest absolute Gasteiger partial charge is 0.228 e. The van der Waals surface area contributed by atoms with Crippen LogP contribution in [-0.4, -0.2) is 36.7 Å². The van der Waals surface area contributed by atoms with E-state index in [9.17, 15) is 0 Å². The standard InChI is InChI=1S/C10H18N4O/c1-3-14(8-4-6-11)10-12-7-5-9(13-10)15-2/h5,7H,3-4,6,8,11H2,1-2H3. The lowest BCUT2D eigenvalue weighted by Crippen LogP contribution is -2.27. The highest BCUT2D eigenvalue weighted by atomic mass is 16.5. The monoisotopic (exact) mass is 210 g/mol. The lowest BCUT2D eigenvalue weighted by Gasteiger charge is -2.20. The van der Waals surface area contributed by atoms with Crippen LogP contribution in [0.4, 0.5) is 5.95 Å². The lowest BCUT2D eigenvalue weighted by molar-refractivity contribution is 0.396. The summed E-state index contributed by atoms with van der Waals surface area (Å²) in [6.45, 7) is 4.49. The van der Waals surface area contributed by atoms with Crippen molar-refractivity contribution in [2.75, 3.05) is 31.6 Å². The van der Waals surface area contributed by atoms with E-state index in [0.717, 1.165) is 19.5 Å². The van der Waals surface area contributed by atoms with Crippen molar-refractivity contribution in [1.82, 2.24) is 9.97 Å². The molecule has 2 N–H and O–H groups in total. The Balaban J connectivity index is 2.72. The summed E-state index contributed by atoms with van der Waals surface area (Å²) in [5.74, 6) is 1.29. The summed E-state index contributed by atoms with van der Waals surface area (Å²) in [4.78, 5) is 10.6. The van der Waals surface area contributed by atoms with Crippen LogP contribution >= 0.6 is 0 Å². The average molecular weight is 210 g/mol. The summed E-state index contributed by atoms with van der Waals surface area (Å²) in [5.41, 5.74) is 5.47. The Bertz CT molecular complexity index is 293. The molecule has 0 atom stereocenters. The Kier molecular flexibility index (Phi) is 4.83. The fourth-order valence-corrected chi connectivity index (χ4v) is 1.28. The van der Waals surface area contributed by atoms with Crippen molar-refractivity contribution in [2.24, 2.45) is 5.73 Å². The molecule has 0 saturated heterocycles. The number of rotatable bonds is 6. The van der Waals surface area contributed by atoms with Crippen molar-refractivity contribution in [3.8, 4) is 5.88 Å². The van der Waals surface area contributed by atoms with Gasteiger partial charge < -0.3 is 15.4 Å². The lowest BCUT2D eigenvalue weighted by atomic mass is 10.4. The highest BCUT2D eigenvalue weighted by Crippen LogP contribution is 2.11. The first-order valence-corrected chi connectivity index (χ1v) is 5.13. The number of hydrogen-bond acceptors (Lipinski definition) is 5. The molecule has 0 saturated carbocycles. The predicted octanol–water partition coefficient (Wildman–Crippen LogP) is 0.660. The van der Waals surface area contributed by atoms with Gasteiger partial charge in [0, 0.05) is 25.4 Å². The first-order chi connectivity index (χ1) is 7.31. The van der Waals surface area contributed by atoms with E-state index in [4.69, 9.17) is 10.5 Å². The van der Waals surface area contributed by atoms with Crippen LogP contribution in [0.25, 0.3) is 0 Å². The minimum atomic E-state index is 0.589. The molecule has 0 aliphatic carbocycles. The number of anilines is 1. The second-order valence-electron chi connectivity index (χ2n) is 3.12. The number of hydrogen-bond donors (Lipinski definition) is 1. The van der Waals surface area contributed by atoms with Crippen LogP contribution < -0.4 is 15.4 Å². The number of methoxy groups -OCH3 is 1. The Morgan fingerprint density at radius 2 is 2.33 bits per heavy atom. The van der Waals surface area contributed by atoms with Crippen LogP contribution in [0.2, 0.25) is 0 Å². The maximum atomic E-state index is 5.47. The average Bonchev–Trinajstić information content (AvgIpc) is 2.30. The molecule has 0 unspecified atom stereocenters. The van der Waals surface area contributed by atoms with Gasteiger partial charge in [0.05, 0.1) is 7.11 Å². The van der Waals surface area contributed by atoms with Gasteiger partial charge in [-0.1, -0.05) is 0 Å². The molecular weight excluding hydrogens is 192 g/mol. The second kappa shape index (κ2) is 6.19. The maximum absolute atomic E-state index is 5.47. The molecule has 1 aromatic rings. The summed E-state index contributed by atoms with van der Waals surface area (Å²) in [5, 5.41) is 0. The van der Waals surface area contributed by atoms with E-state index in [1.165, 1.54) is 0 Å². The van der Waals surface area contributed by atoms with Crippen molar-refractivity contribution in [2.45, 2.75) is 13.3 Å². The van der Waals surface area contributed by atoms with Gasteiger partial charge in [-0.25, -0.2) is 4.98 Å². The van der Waals surface area contributed by atoms with E-state index in [0.29, 0.717) is 18.4 Å². The van der Waals surface area contributed by atoms with Crippen molar-refractivity contribution in [3.63, 3.8) is 0 Å². The largest absolute Gasteiger partial charge is 0.481 e. The molecule has 0 amide bonds. The summed E-state index contributed by atoms with van der Waals surface area (Å²) < 4.78 is 5.05. The third-order valence-corrected chi connectivity index (χ3v) is 2.12. The summed E-state index contributed by atoms with van der Waals surface area (Å²) >= 11 is 0. The first kappa shape index (κ1) is 11.7. The van der Waals surface area contributed by atoms with Crippen LogP contribution in [0, 0.1) is 0 Å². The van der Waals surface area contributed by atoms with Crippen molar-refractivity contribution >= 4 is 5.95 Å². The van der Waals surface area contributed by atoms with Crippen molar-refractivity contribution in [3.05, 3.63) is 12.3 Å². The minimum Gasteiger partial charge on any atom is -0.481 e. The second-order valence-corrected chi connectivity index (χ2v) is 3.12. The van der Waals surface area contributed by atoms with Gasteiger partial charge in [0.15, 0.2) is 0 Å². The first-order valence-electron chi connectivity index (χ1n) is 5.13. The fourth-order valence-electron chi connectivity index (χ4n) is 1.28. The molecule has 15 heavy (non-hydrogen) atoms. The van der Waals surface area contributed by atoms with Crippen LogP contribution in [0.3, 0.4) is 0 Å². The Morgan fingerprint density at radius 3 is 2.93 bits per heavy atom. The Hall–Kier alpha value is -1.36. The number of aromatic nitrogens is 2. The summed E-state index contributed by atoms with van der Waals surface area (Å²) in [7, 11) is 1.60. The van der Waals surface area contributed by atoms with Gasteiger partial charge in [-0.2, -0.15) is 4.98 Å². The third kappa shape index (κ3) is 3.36. The quantitative estimate of drug-likeness (QED) is 0.747. The van der Waals surface area contributed by atoms with Gasteiger partial charge >= 0.3 is 0 Å². The SMILES string of the molecule is CCN(CCCN)c1nccc(OC)n1. The molecule has 84 valence electrons. The summed E-state index contributed by atoms with van der Waals surface area (Å²) in [6.07, 6.45) is 2.64. The minimum absolute atomic E-state index is 0.589. The predicted molar refractivity (Wildman–Crippen MR) is 60.1 cm³/mol. The molecule has 1 aromatic heterocycles. The number of nitrogens with zero attached hydrogens (tertiary/aromatic N) is 3. The molecule has 0 aliphatic rings. The molecule has 0 aromatic carbocycles. The molecule has 1 rings (SSSR count). The van der Waals surface area contributed by atoms with Crippen molar-refractivity contribution < 1.29 is 4.74 Å². The van der Waals surface area contributed by atoms with Gasteiger partial charge in [-0.15, -0.1) is 0 Å². The third-order valence-electron chi connectivity index (χ3n) is 2.12. The fraction of sp³-hybridized carbons (Fsp3) is 0.600. The van der Waals surface area contributed by atoms with E-state index in [2.05, 4.69) is 21.8 Å². The van der Waals surface area contributed by atoms with Gasteiger partial charge in [-0.05, 0) is 19.9 Å². The molecule has 0 aliphatic heterocycles.